The highest BCUT2D eigenvalue weighted by Gasteiger charge is 2.43. The maximum absolute atomic E-state index is 10.5. The molecular weight excluding hydrogens is 572 g/mol. The molecule has 0 N–H and O–H groups in total. The summed E-state index contributed by atoms with van der Waals surface area (Å²) in [5.41, 5.74) is -0.706. The maximum atomic E-state index is 10.5. The lowest BCUT2D eigenvalue weighted by Gasteiger charge is -2.23. The van der Waals surface area contributed by atoms with E-state index in [0.29, 0.717) is 11.1 Å². The molecule has 0 atom stereocenters. The molecular formula is C36H8N10. The lowest BCUT2D eigenvalue weighted by atomic mass is 9.78. The molecule has 0 saturated heterocycles. The molecule has 5 rings (SSSR count). The minimum Gasteiger partial charge on any atom is -0.192 e. The van der Waals surface area contributed by atoms with Crippen molar-refractivity contribution in [2.75, 3.05) is 0 Å². The van der Waals surface area contributed by atoms with Gasteiger partial charge in [0.25, 0.3) is 0 Å². The third kappa shape index (κ3) is 3.95. The molecule has 0 spiro atoms. The van der Waals surface area contributed by atoms with Crippen molar-refractivity contribution in [1.82, 2.24) is 0 Å². The fraction of sp³-hybridized carbons (Fsp3) is 0. The molecule has 0 aromatic heterocycles. The summed E-state index contributed by atoms with van der Waals surface area (Å²) >= 11 is 0. The molecule has 10 heteroatoms. The number of hydrogen-bond donors (Lipinski definition) is 0. The average Bonchev–Trinajstić information content (AvgIpc) is 3.61. The third-order valence-corrected chi connectivity index (χ3v) is 7.50. The molecule has 2 aliphatic carbocycles. The summed E-state index contributed by atoms with van der Waals surface area (Å²) < 4.78 is 0. The summed E-state index contributed by atoms with van der Waals surface area (Å²) in [6.07, 6.45) is 0. The van der Waals surface area contributed by atoms with Crippen LogP contribution in [0.15, 0.2) is 70.8 Å². The van der Waals surface area contributed by atoms with Gasteiger partial charge < -0.3 is 0 Å². The van der Waals surface area contributed by atoms with Gasteiger partial charge in [-0.2, -0.15) is 52.6 Å². The van der Waals surface area contributed by atoms with Gasteiger partial charge in [-0.1, -0.05) is 24.3 Å². The first-order valence-electron chi connectivity index (χ1n) is 12.9. The smallest absolute Gasteiger partial charge is 0.138 e. The summed E-state index contributed by atoms with van der Waals surface area (Å²) in [6, 6.07) is 31.1. The van der Waals surface area contributed by atoms with Gasteiger partial charge in [-0.25, -0.2) is 0 Å². The highest BCUT2D eigenvalue weighted by Crippen LogP contribution is 2.59. The minimum absolute atomic E-state index is 0.0539. The first-order valence-corrected chi connectivity index (χ1v) is 12.9. The van der Waals surface area contributed by atoms with Crippen molar-refractivity contribution in [3.8, 4) is 82.9 Å². The number of fused-ring (bicyclic) bond motifs is 2. The summed E-state index contributed by atoms with van der Waals surface area (Å²) in [7, 11) is 0. The van der Waals surface area contributed by atoms with Gasteiger partial charge in [0, 0.05) is 39.0 Å². The molecule has 0 heterocycles. The standard InChI is InChI=1S/C36H8N10/c37-9-19-1-5-21(6-2-19)31-33-27(17-45)25(15-43)29(23(11-39)12-40)35(33)32(22-7-3-20(10-38)4-8-22)36-30(24(13-41)14-42)26(16-44)28(18-46)34(31)36/h1-8H. The highest BCUT2D eigenvalue weighted by atomic mass is 14.5. The van der Waals surface area contributed by atoms with Gasteiger partial charge in [-0.05, 0) is 41.0 Å². The molecule has 0 saturated carbocycles. The van der Waals surface area contributed by atoms with E-state index in [0.717, 1.165) is 0 Å². The van der Waals surface area contributed by atoms with Gasteiger partial charge in [0.05, 0.1) is 45.6 Å². The van der Waals surface area contributed by atoms with Crippen LogP contribution in [0.1, 0.15) is 33.4 Å². The number of rotatable bonds is 2. The number of hydrogen-bond acceptors (Lipinski definition) is 10. The van der Waals surface area contributed by atoms with Crippen molar-refractivity contribution < 1.29 is 0 Å². The molecule has 2 aliphatic rings. The summed E-state index contributed by atoms with van der Waals surface area (Å²) in [6.45, 7) is 0. The molecule has 0 amide bonds. The number of nitrogens with zero attached hydrogens (tertiary/aromatic N) is 10. The van der Waals surface area contributed by atoms with Crippen LogP contribution in [0.5, 0.6) is 0 Å². The monoisotopic (exact) mass is 580 g/mol. The van der Waals surface area contributed by atoms with Gasteiger partial charge in [-0.15, -0.1) is 0 Å². The normalized spacial score (nSPS) is 11.9. The van der Waals surface area contributed by atoms with E-state index in [1.54, 1.807) is 24.3 Å². The Bertz CT molecular complexity index is 2380. The van der Waals surface area contributed by atoms with Crippen molar-refractivity contribution in [1.29, 1.82) is 52.6 Å². The second-order valence-electron chi connectivity index (χ2n) is 9.52. The SMILES string of the molecule is N#CC(C#N)=C1C(C#N)=C(C#N)c2c1c(-c1ccc(C#N)cc1)c1c(c2-c2ccc(C#N)cc2)C(C#N)=C(C#N)C1=C(C#N)C#N. The largest absolute Gasteiger partial charge is 0.192 e. The van der Waals surface area contributed by atoms with Crippen LogP contribution in [0.25, 0.3) is 44.5 Å². The van der Waals surface area contributed by atoms with E-state index < -0.39 is 11.1 Å². The molecule has 0 radical (unpaired) electrons. The molecule has 3 aromatic carbocycles. The van der Waals surface area contributed by atoms with E-state index in [9.17, 15) is 52.6 Å². The molecule has 0 bridgehead atoms. The second kappa shape index (κ2) is 11.4. The van der Waals surface area contributed by atoms with Crippen LogP contribution in [0.4, 0.5) is 0 Å². The summed E-state index contributed by atoms with van der Waals surface area (Å²) in [5.74, 6) is 0. The Morgan fingerprint density at radius 2 is 0.630 bits per heavy atom. The molecule has 202 valence electrons. The Hall–Kier alpha value is -8.48. The number of benzene rings is 3. The fourth-order valence-electron chi connectivity index (χ4n) is 5.72. The van der Waals surface area contributed by atoms with Crippen molar-refractivity contribution in [3.63, 3.8) is 0 Å². The Morgan fingerprint density at radius 3 is 0.891 bits per heavy atom. The van der Waals surface area contributed by atoms with Crippen LogP contribution >= 0.6 is 0 Å². The average molecular weight is 581 g/mol. The summed E-state index contributed by atoms with van der Waals surface area (Å²) in [4.78, 5) is 0. The van der Waals surface area contributed by atoms with E-state index in [4.69, 9.17) is 0 Å². The quantitative estimate of drug-likeness (QED) is 0.320. The molecule has 46 heavy (non-hydrogen) atoms. The molecule has 10 nitrogen and oxygen atoms in total. The van der Waals surface area contributed by atoms with E-state index in [-0.39, 0.29) is 77.9 Å². The van der Waals surface area contributed by atoms with E-state index in [1.165, 1.54) is 48.5 Å². The van der Waals surface area contributed by atoms with E-state index >= 15 is 0 Å². The fourth-order valence-corrected chi connectivity index (χ4v) is 5.72. The van der Waals surface area contributed by atoms with Crippen LogP contribution in [0.3, 0.4) is 0 Å². The highest BCUT2D eigenvalue weighted by molar-refractivity contribution is 6.23. The molecule has 0 fully saturated rings. The zero-order valence-corrected chi connectivity index (χ0v) is 23.1. The Balaban J connectivity index is 2.26. The van der Waals surface area contributed by atoms with Crippen molar-refractivity contribution in [3.05, 3.63) is 104 Å². The maximum Gasteiger partial charge on any atom is 0.138 e. The predicted molar refractivity (Wildman–Crippen MR) is 159 cm³/mol. The zero-order chi connectivity index (χ0) is 33.1. The summed E-state index contributed by atoms with van der Waals surface area (Å²) in [5, 5.41) is 101. The Kier molecular flexibility index (Phi) is 7.21. The minimum atomic E-state index is -0.512. The van der Waals surface area contributed by atoms with Gasteiger partial charge in [0.1, 0.15) is 59.7 Å². The first kappa shape index (κ1) is 29.0. The van der Waals surface area contributed by atoms with Crippen molar-refractivity contribution >= 4 is 22.3 Å². The van der Waals surface area contributed by atoms with Gasteiger partial charge in [0.15, 0.2) is 0 Å². The lowest BCUT2D eigenvalue weighted by molar-refractivity contribution is 1.43. The second-order valence-corrected chi connectivity index (χ2v) is 9.52. The van der Waals surface area contributed by atoms with Crippen LogP contribution in [0, 0.1) is 113 Å². The van der Waals surface area contributed by atoms with E-state index in [2.05, 4.69) is 0 Å². The van der Waals surface area contributed by atoms with Crippen molar-refractivity contribution in [2.45, 2.75) is 0 Å². The lowest BCUT2D eigenvalue weighted by Crippen LogP contribution is -2.04. The van der Waals surface area contributed by atoms with Crippen LogP contribution in [-0.4, -0.2) is 0 Å². The van der Waals surface area contributed by atoms with Gasteiger partial charge in [-0.3, -0.25) is 0 Å². The molecule has 3 aromatic rings. The topological polar surface area (TPSA) is 238 Å². The number of allylic oxidation sites excluding steroid dienone is 8. The van der Waals surface area contributed by atoms with Crippen LogP contribution in [0.2, 0.25) is 0 Å². The number of nitriles is 10. The third-order valence-electron chi connectivity index (χ3n) is 7.50. The predicted octanol–water partition coefficient (Wildman–Crippen LogP) is 5.99. The van der Waals surface area contributed by atoms with Crippen molar-refractivity contribution in [2.24, 2.45) is 0 Å². The van der Waals surface area contributed by atoms with E-state index in [1.807, 2.05) is 36.4 Å². The van der Waals surface area contributed by atoms with Crippen LogP contribution in [-0.2, 0) is 0 Å². The molecule has 0 aliphatic heterocycles. The van der Waals surface area contributed by atoms with Crippen LogP contribution < -0.4 is 0 Å². The van der Waals surface area contributed by atoms with Gasteiger partial charge in [0.2, 0.25) is 0 Å². The Morgan fingerprint density at radius 1 is 0.326 bits per heavy atom. The van der Waals surface area contributed by atoms with Gasteiger partial charge >= 0.3 is 0 Å². The zero-order valence-electron chi connectivity index (χ0n) is 23.1. The Labute approximate surface area is 261 Å². The molecule has 0 unspecified atom stereocenters. The first-order chi connectivity index (χ1) is 22.4.